The van der Waals surface area contributed by atoms with E-state index in [2.05, 4.69) is 15.0 Å². The summed E-state index contributed by atoms with van der Waals surface area (Å²) >= 11 is 0. The lowest BCUT2D eigenvalue weighted by atomic mass is 9.86. The molecule has 2 aliphatic rings. The van der Waals surface area contributed by atoms with Gasteiger partial charge in [0.05, 0.1) is 6.54 Å². The van der Waals surface area contributed by atoms with Gasteiger partial charge in [0.1, 0.15) is 11.2 Å². The predicted octanol–water partition coefficient (Wildman–Crippen LogP) is 1.59. The highest BCUT2D eigenvalue weighted by atomic mass is 16.5. The smallest absolute Gasteiger partial charge is 0.327 e. The van der Waals surface area contributed by atoms with Crippen molar-refractivity contribution in [3.05, 3.63) is 36.4 Å². The van der Waals surface area contributed by atoms with Crippen LogP contribution in [0.4, 0.5) is 4.79 Å². The average Bonchev–Trinajstić information content (AvgIpc) is 3.20. The molecule has 1 spiro atoms. The maximum atomic E-state index is 12.5. The molecule has 26 heavy (non-hydrogen) atoms. The Bertz CT molecular complexity index is 826. The minimum Gasteiger partial charge on any atom is -0.359 e. The van der Waals surface area contributed by atoms with Crippen LogP contribution in [-0.2, 0) is 11.3 Å². The monoisotopic (exact) mass is 355 g/mol. The van der Waals surface area contributed by atoms with E-state index in [4.69, 9.17) is 4.52 Å². The number of carbonyl (C=O) groups excluding carboxylic acids is 2. The molecule has 2 saturated heterocycles. The molecule has 136 valence electrons. The summed E-state index contributed by atoms with van der Waals surface area (Å²) in [4.78, 5) is 33.8. The van der Waals surface area contributed by atoms with Crippen LogP contribution in [0.25, 0.3) is 11.3 Å². The van der Waals surface area contributed by atoms with E-state index in [9.17, 15) is 9.59 Å². The minimum atomic E-state index is -0.690. The number of urea groups is 1. The van der Waals surface area contributed by atoms with E-state index in [-0.39, 0.29) is 11.9 Å². The summed E-state index contributed by atoms with van der Waals surface area (Å²) < 4.78 is 5.46. The molecule has 2 aromatic rings. The summed E-state index contributed by atoms with van der Waals surface area (Å²) in [5, 5.41) is 4.11. The lowest BCUT2D eigenvalue weighted by Crippen LogP contribution is -2.55. The van der Waals surface area contributed by atoms with Crippen LogP contribution < -0.4 is 0 Å². The van der Waals surface area contributed by atoms with Gasteiger partial charge in [-0.2, -0.15) is 0 Å². The third-order valence-electron chi connectivity index (χ3n) is 5.50. The number of hydrogen-bond donors (Lipinski definition) is 0. The van der Waals surface area contributed by atoms with Gasteiger partial charge in [-0.15, -0.1) is 0 Å². The summed E-state index contributed by atoms with van der Waals surface area (Å²) in [5.74, 6) is 0.683. The highest BCUT2D eigenvalue weighted by molar-refractivity contribution is 6.06. The molecule has 0 aromatic carbocycles. The first kappa shape index (κ1) is 16.7. The number of nitrogens with zero attached hydrogens (tertiary/aromatic N) is 5. The molecular weight excluding hydrogens is 334 g/mol. The van der Waals surface area contributed by atoms with Gasteiger partial charge >= 0.3 is 6.03 Å². The van der Waals surface area contributed by atoms with Crippen LogP contribution in [0.15, 0.2) is 35.1 Å². The number of hydrogen-bond acceptors (Lipinski definition) is 6. The Balaban J connectivity index is 1.41. The van der Waals surface area contributed by atoms with Crippen LogP contribution in [0.3, 0.4) is 0 Å². The van der Waals surface area contributed by atoms with E-state index in [0.717, 1.165) is 30.1 Å². The van der Waals surface area contributed by atoms with Gasteiger partial charge in [0.2, 0.25) is 0 Å². The van der Waals surface area contributed by atoms with E-state index in [1.54, 1.807) is 31.4 Å². The van der Waals surface area contributed by atoms with Gasteiger partial charge in [0, 0.05) is 51.2 Å². The van der Waals surface area contributed by atoms with Crippen molar-refractivity contribution in [3.63, 3.8) is 0 Å². The van der Waals surface area contributed by atoms with E-state index >= 15 is 0 Å². The normalized spacial score (nSPS) is 20.4. The maximum absolute atomic E-state index is 12.5. The molecule has 0 bridgehead atoms. The second-order valence-corrected chi connectivity index (χ2v) is 6.93. The molecule has 4 heterocycles. The second-order valence-electron chi connectivity index (χ2n) is 6.93. The Morgan fingerprint density at radius 3 is 2.62 bits per heavy atom. The highest BCUT2D eigenvalue weighted by Crippen LogP contribution is 2.35. The first-order chi connectivity index (χ1) is 12.5. The lowest BCUT2D eigenvalue weighted by molar-refractivity contribution is -0.134. The number of imide groups is 1. The van der Waals surface area contributed by atoms with Crippen molar-refractivity contribution in [2.45, 2.75) is 24.9 Å². The molecular formula is C18H21N5O3. The van der Waals surface area contributed by atoms with Crippen LogP contribution in [-0.4, -0.2) is 69.5 Å². The Kier molecular flexibility index (Phi) is 3.99. The zero-order chi connectivity index (χ0) is 18.3. The summed E-state index contributed by atoms with van der Waals surface area (Å²) in [7, 11) is 3.27. The Morgan fingerprint density at radius 1 is 1.23 bits per heavy atom. The first-order valence-corrected chi connectivity index (χ1v) is 8.65. The molecule has 4 rings (SSSR count). The lowest BCUT2D eigenvalue weighted by Gasteiger charge is -2.40. The summed E-state index contributed by atoms with van der Waals surface area (Å²) in [6, 6.07) is 5.50. The van der Waals surface area contributed by atoms with Gasteiger partial charge in [-0.05, 0) is 25.0 Å². The number of piperidine rings is 1. The quantitative estimate of drug-likeness (QED) is 0.778. The fourth-order valence-corrected chi connectivity index (χ4v) is 3.84. The van der Waals surface area contributed by atoms with Crippen molar-refractivity contribution in [3.8, 4) is 11.3 Å². The predicted molar refractivity (Wildman–Crippen MR) is 92.9 cm³/mol. The summed E-state index contributed by atoms with van der Waals surface area (Å²) in [6.07, 6.45) is 4.73. The topological polar surface area (TPSA) is 82.8 Å². The Morgan fingerprint density at radius 2 is 2.00 bits per heavy atom. The van der Waals surface area contributed by atoms with Crippen molar-refractivity contribution < 1.29 is 14.1 Å². The third-order valence-corrected chi connectivity index (χ3v) is 5.50. The number of rotatable bonds is 3. The molecule has 0 aliphatic carbocycles. The van der Waals surface area contributed by atoms with Crippen LogP contribution >= 0.6 is 0 Å². The van der Waals surface area contributed by atoms with E-state index in [1.807, 2.05) is 18.2 Å². The zero-order valence-corrected chi connectivity index (χ0v) is 14.9. The van der Waals surface area contributed by atoms with Gasteiger partial charge in [0.25, 0.3) is 5.91 Å². The van der Waals surface area contributed by atoms with Gasteiger partial charge in [-0.1, -0.05) is 5.16 Å². The van der Waals surface area contributed by atoms with E-state index in [1.165, 1.54) is 4.90 Å². The summed E-state index contributed by atoms with van der Waals surface area (Å²) in [5.41, 5.74) is 0.990. The first-order valence-electron chi connectivity index (χ1n) is 8.65. The molecule has 0 saturated carbocycles. The van der Waals surface area contributed by atoms with E-state index in [0.29, 0.717) is 19.4 Å². The van der Waals surface area contributed by atoms with Crippen LogP contribution in [0.5, 0.6) is 0 Å². The molecule has 0 atom stereocenters. The van der Waals surface area contributed by atoms with Crippen molar-refractivity contribution in [1.82, 2.24) is 24.8 Å². The Hall–Kier alpha value is -2.74. The van der Waals surface area contributed by atoms with Crippen LogP contribution in [0, 0.1) is 0 Å². The molecule has 2 aromatic heterocycles. The summed E-state index contributed by atoms with van der Waals surface area (Å²) in [6.45, 7) is 2.07. The number of aromatic nitrogens is 2. The fourth-order valence-electron chi connectivity index (χ4n) is 3.84. The molecule has 2 aliphatic heterocycles. The minimum absolute atomic E-state index is 0.0943. The number of carbonyl (C=O) groups is 2. The number of amides is 3. The molecule has 2 fully saturated rings. The maximum Gasteiger partial charge on any atom is 0.327 e. The van der Waals surface area contributed by atoms with Crippen molar-refractivity contribution in [2.75, 3.05) is 27.2 Å². The fraction of sp³-hybridized carbons (Fsp3) is 0.444. The SMILES string of the molecule is CN1C(=O)N(C)C2(CCN(Cc3cc(-c4cccnc4)no3)CC2)C1=O. The number of likely N-dealkylation sites (N-methyl/N-ethyl adjacent to an activating group) is 2. The highest BCUT2D eigenvalue weighted by Gasteiger charge is 2.55. The van der Waals surface area contributed by atoms with Gasteiger partial charge in [0.15, 0.2) is 5.76 Å². The van der Waals surface area contributed by atoms with Gasteiger partial charge < -0.3 is 9.42 Å². The number of likely N-dealkylation sites (tertiary alicyclic amines) is 1. The molecule has 3 amide bonds. The van der Waals surface area contributed by atoms with E-state index < -0.39 is 5.54 Å². The van der Waals surface area contributed by atoms with Gasteiger partial charge in [-0.3, -0.25) is 19.6 Å². The van der Waals surface area contributed by atoms with Gasteiger partial charge in [-0.25, -0.2) is 4.79 Å². The van der Waals surface area contributed by atoms with Crippen LogP contribution in [0.2, 0.25) is 0 Å². The zero-order valence-electron chi connectivity index (χ0n) is 14.9. The van der Waals surface area contributed by atoms with Crippen molar-refractivity contribution in [1.29, 1.82) is 0 Å². The largest absolute Gasteiger partial charge is 0.359 e. The standard InChI is InChI=1S/C18H21N5O3/c1-21-16(24)18(22(2)17(21)25)5-8-23(9-6-18)12-14-10-15(20-26-14)13-4-3-7-19-11-13/h3-4,7,10-11H,5-6,8-9,12H2,1-2H3. The molecule has 0 radical (unpaired) electrons. The Labute approximate surface area is 151 Å². The second kappa shape index (κ2) is 6.21. The van der Waals surface area contributed by atoms with Crippen molar-refractivity contribution >= 4 is 11.9 Å². The average molecular weight is 355 g/mol. The van der Waals surface area contributed by atoms with Crippen molar-refractivity contribution in [2.24, 2.45) is 0 Å². The number of pyridine rings is 1. The molecule has 0 unspecified atom stereocenters. The van der Waals surface area contributed by atoms with Crippen LogP contribution in [0.1, 0.15) is 18.6 Å². The third kappa shape index (κ3) is 2.57. The molecule has 8 heteroatoms. The molecule has 8 nitrogen and oxygen atoms in total. The molecule has 0 N–H and O–H groups in total.